The summed E-state index contributed by atoms with van der Waals surface area (Å²) in [6.07, 6.45) is 1.66. The molecule has 0 aliphatic carbocycles. The van der Waals surface area contributed by atoms with Gasteiger partial charge in [0.05, 0.1) is 0 Å². The number of hydrogen-bond donors (Lipinski definition) is 1. The predicted molar refractivity (Wildman–Crippen MR) is 64.1 cm³/mol. The van der Waals surface area contributed by atoms with Crippen molar-refractivity contribution in [3.63, 3.8) is 0 Å². The van der Waals surface area contributed by atoms with Gasteiger partial charge in [0.2, 0.25) is 0 Å². The molecule has 1 aromatic heterocycles. The Balaban J connectivity index is 2.04. The molecule has 2 rings (SSSR count). The molecule has 2 aromatic rings. The molecule has 0 radical (unpaired) electrons. The first-order chi connectivity index (χ1) is 8.15. The van der Waals surface area contributed by atoms with Crippen molar-refractivity contribution in [2.24, 2.45) is 0 Å². The lowest BCUT2D eigenvalue weighted by molar-refractivity contribution is 0.303. The van der Waals surface area contributed by atoms with E-state index in [0.717, 1.165) is 11.1 Å². The molecule has 1 aromatic carbocycles. The molecule has 4 heteroatoms. The van der Waals surface area contributed by atoms with E-state index in [-0.39, 0.29) is 5.82 Å². The number of aryl methyl sites for hydroxylation is 1. The number of benzene rings is 1. The monoisotopic (exact) mass is 232 g/mol. The van der Waals surface area contributed by atoms with E-state index < -0.39 is 0 Å². The van der Waals surface area contributed by atoms with E-state index in [4.69, 9.17) is 10.5 Å². The number of rotatable bonds is 3. The lowest BCUT2D eigenvalue weighted by atomic mass is 10.2. The Bertz CT molecular complexity index is 511. The zero-order chi connectivity index (χ0) is 12.3. The summed E-state index contributed by atoms with van der Waals surface area (Å²) in [5.41, 5.74) is 7.17. The minimum absolute atomic E-state index is 0.260. The number of nitrogen functional groups attached to an aromatic ring is 1. The van der Waals surface area contributed by atoms with Gasteiger partial charge in [-0.15, -0.1) is 0 Å². The summed E-state index contributed by atoms with van der Waals surface area (Å²) in [5.74, 6) is 0.888. The van der Waals surface area contributed by atoms with Crippen LogP contribution in [0.15, 0.2) is 36.5 Å². The van der Waals surface area contributed by atoms with Crippen molar-refractivity contribution in [3.8, 4) is 5.75 Å². The lowest BCUT2D eigenvalue weighted by Crippen LogP contribution is -1.99. The largest absolute Gasteiger partial charge is 0.489 e. The van der Waals surface area contributed by atoms with Gasteiger partial charge in [-0.1, -0.05) is 6.07 Å². The minimum atomic E-state index is -0.260. The standard InChI is InChI=1S/C13H13FN2O/c1-9-6-11(14)3-4-12(9)17-8-10-2-5-13(15)16-7-10/h2-7H,8H2,1H3,(H2,15,16). The van der Waals surface area contributed by atoms with Gasteiger partial charge in [0.1, 0.15) is 24.0 Å². The van der Waals surface area contributed by atoms with Gasteiger partial charge in [0.25, 0.3) is 0 Å². The third-order valence-electron chi connectivity index (χ3n) is 2.38. The zero-order valence-electron chi connectivity index (χ0n) is 9.48. The van der Waals surface area contributed by atoms with Crippen LogP contribution in [0.25, 0.3) is 0 Å². The van der Waals surface area contributed by atoms with Crippen molar-refractivity contribution < 1.29 is 9.13 Å². The Labute approximate surface area is 99.1 Å². The Morgan fingerprint density at radius 2 is 2.12 bits per heavy atom. The molecule has 0 saturated heterocycles. The van der Waals surface area contributed by atoms with Crippen molar-refractivity contribution in [2.45, 2.75) is 13.5 Å². The smallest absolute Gasteiger partial charge is 0.123 e. The molecule has 88 valence electrons. The molecule has 0 aliphatic rings. The number of nitrogens with two attached hydrogens (primary N) is 1. The van der Waals surface area contributed by atoms with Gasteiger partial charge in [-0.3, -0.25) is 0 Å². The Hall–Kier alpha value is -2.10. The highest BCUT2D eigenvalue weighted by Gasteiger charge is 2.01. The highest BCUT2D eigenvalue weighted by Crippen LogP contribution is 2.19. The number of halogens is 1. The highest BCUT2D eigenvalue weighted by atomic mass is 19.1. The molecule has 0 bridgehead atoms. The van der Waals surface area contributed by atoms with E-state index in [1.165, 1.54) is 12.1 Å². The number of aromatic nitrogens is 1. The normalized spacial score (nSPS) is 10.2. The summed E-state index contributed by atoms with van der Waals surface area (Å²) >= 11 is 0. The number of anilines is 1. The van der Waals surface area contributed by atoms with Gasteiger partial charge >= 0.3 is 0 Å². The van der Waals surface area contributed by atoms with E-state index in [2.05, 4.69) is 4.98 Å². The Kier molecular flexibility index (Phi) is 3.23. The van der Waals surface area contributed by atoms with Crippen LogP contribution < -0.4 is 10.5 Å². The van der Waals surface area contributed by atoms with Crippen molar-refractivity contribution in [1.29, 1.82) is 0 Å². The van der Waals surface area contributed by atoms with E-state index in [9.17, 15) is 4.39 Å². The number of nitrogens with zero attached hydrogens (tertiary/aromatic N) is 1. The quantitative estimate of drug-likeness (QED) is 0.885. The topological polar surface area (TPSA) is 48.1 Å². The van der Waals surface area contributed by atoms with Gasteiger partial charge in [-0.05, 0) is 36.8 Å². The van der Waals surface area contributed by atoms with E-state index in [1.807, 2.05) is 6.07 Å². The van der Waals surface area contributed by atoms with Crippen LogP contribution in [0.3, 0.4) is 0 Å². The van der Waals surface area contributed by atoms with Crippen molar-refractivity contribution in [3.05, 3.63) is 53.5 Å². The molecule has 0 unspecified atom stereocenters. The summed E-state index contributed by atoms with van der Waals surface area (Å²) in [4.78, 5) is 3.97. The van der Waals surface area contributed by atoms with Crippen LogP contribution in [0.2, 0.25) is 0 Å². The van der Waals surface area contributed by atoms with Crippen LogP contribution in [0.4, 0.5) is 10.2 Å². The van der Waals surface area contributed by atoms with Gasteiger partial charge in [-0.25, -0.2) is 9.37 Å². The molecule has 1 heterocycles. The number of ether oxygens (including phenoxy) is 1. The van der Waals surface area contributed by atoms with Crippen LogP contribution in [0.1, 0.15) is 11.1 Å². The van der Waals surface area contributed by atoms with Crippen molar-refractivity contribution >= 4 is 5.82 Å². The van der Waals surface area contributed by atoms with Crippen molar-refractivity contribution in [1.82, 2.24) is 4.98 Å². The van der Waals surface area contributed by atoms with Gasteiger partial charge in [-0.2, -0.15) is 0 Å². The van der Waals surface area contributed by atoms with E-state index >= 15 is 0 Å². The average Bonchev–Trinajstić information content (AvgIpc) is 2.30. The molecular weight excluding hydrogens is 219 g/mol. The summed E-state index contributed by atoms with van der Waals surface area (Å²) < 4.78 is 18.4. The van der Waals surface area contributed by atoms with Gasteiger partial charge in [0, 0.05) is 11.8 Å². The summed E-state index contributed by atoms with van der Waals surface area (Å²) in [7, 11) is 0. The van der Waals surface area contributed by atoms with E-state index in [0.29, 0.717) is 18.2 Å². The van der Waals surface area contributed by atoms with Gasteiger partial charge in [0.15, 0.2) is 0 Å². The first-order valence-corrected chi connectivity index (χ1v) is 5.24. The maximum Gasteiger partial charge on any atom is 0.123 e. The number of pyridine rings is 1. The first kappa shape index (κ1) is 11.4. The maximum absolute atomic E-state index is 12.9. The third kappa shape index (κ3) is 2.93. The fourth-order valence-electron chi connectivity index (χ4n) is 1.46. The Morgan fingerprint density at radius 1 is 1.29 bits per heavy atom. The zero-order valence-corrected chi connectivity index (χ0v) is 9.48. The number of hydrogen-bond acceptors (Lipinski definition) is 3. The van der Waals surface area contributed by atoms with Crippen LogP contribution in [-0.2, 0) is 6.61 Å². The summed E-state index contributed by atoms with van der Waals surface area (Å²) in [5, 5.41) is 0. The second-order valence-electron chi connectivity index (χ2n) is 3.79. The second-order valence-corrected chi connectivity index (χ2v) is 3.79. The molecule has 0 saturated carbocycles. The summed E-state index contributed by atoms with van der Waals surface area (Å²) in [6, 6.07) is 8.01. The van der Waals surface area contributed by atoms with Crippen LogP contribution in [-0.4, -0.2) is 4.98 Å². The molecule has 0 aliphatic heterocycles. The third-order valence-corrected chi connectivity index (χ3v) is 2.38. The van der Waals surface area contributed by atoms with Crippen LogP contribution >= 0.6 is 0 Å². The van der Waals surface area contributed by atoms with Crippen LogP contribution in [0.5, 0.6) is 5.75 Å². The SMILES string of the molecule is Cc1cc(F)ccc1OCc1ccc(N)nc1. The fourth-order valence-corrected chi connectivity index (χ4v) is 1.46. The molecule has 0 spiro atoms. The van der Waals surface area contributed by atoms with E-state index in [1.54, 1.807) is 25.3 Å². The summed E-state index contributed by atoms with van der Waals surface area (Å²) in [6.45, 7) is 2.19. The highest BCUT2D eigenvalue weighted by molar-refractivity contribution is 5.33. The fraction of sp³-hybridized carbons (Fsp3) is 0.154. The molecular formula is C13H13FN2O. The predicted octanol–water partition coefficient (Wildman–Crippen LogP) is 2.69. The molecule has 17 heavy (non-hydrogen) atoms. The average molecular weight is 232 g/mol. The van der Waals surface area contributed by atoms with Gasteiger partial charge < -0.3 is 10.5 Å². The lowest BCUT2D eigenvalue weighted by Gasteiger charge is -2.08. The maximum atomic E-state index is 12.9. The van der Waals surface area contributed by atoms with Crippen molar-refractivity contribution in [2.75, 3.05) is 5.73 Å². The first-order valence-electron chi connectivity index (χ1n) is 5.24. The molecule has 3 nitrogen and oxygen atoms in total. The molecule has 2 N–H and O–H groups in total. The van der Waals surface area contributed by atoms with Crippen LogP contribution in [0, 0.1) is 12.7 Å². The Morgan fingerprint density at radius 3 is 2.76 bits per heavy atom. The minimum Gasteiger partial charge on any atom is -0.489 e. The molecule has 0 amide bonds. The molecule has 0 fully saturated rings. The molecule has 0 atom stereocenters. The second kappa shape index (κ2) is 4.82.